The molecule has 2 atom stereocenters. The molecule has 1 aliphatic carbocycles. The predicted molar refractivity (Wildman–Crippen MR) is 65.1 cm³/mol. The molecule has 0 spiro atoms. The van der Waals surface area contributed by atoms with Crippen LogP contribution in [-0.4, -0.2) is 36.6 Å². The number of hydrogen-bond donors (Lipinski definition) is 1. The van der Waals surface area contributed by atoms with Gasteiger partial charge in [-0.25, -0.2) is 0 Å². The first-order chi connectivity index (χ1) is 7.17. The molecular weight excluding hydrogens is 184 g/mol. The lowest BCUT2D eigenvalue weighted by Gasteiger charge is -2.37. The molecule has 1 heterocycles. The molecule has 0 aromatic heterocycles. The summed E-state index contributed by atoms with van der Waals surface area (Å²) in [6, 6.07) is 1.58. The Morgan fingerprint density at radius 1 is 1.47 bits per heavy atom. The van der Waals surface area contributed by atoms with E-state index in [9.17, 15) is 0 Å². The summed E-state index contributed by atoms with van der Waals surface area (Å²) in [4.78, 5) is 2.77. The van der Waals surface area contributed by atoms with Crippen molar-refractivity contribution in [1.82, 2.24) is 10.2 Å². The van der Waals surface area contributed by atoms with Gasteiger partial charge in [-0.15, -0.1) is 0 Å². The molecule has 0 aromatic carbocycles. The lowest BCUT2D eigenvalue weighted by Crippen LogP contribution is -2.46. The maximum atomic E-state index is 3.50. The van der Waals surface area contributed by atoms with Crippen LogP contribution < -0.4 is 5.32 Å². The Kier molecular flexibility index (Phi) is 3.36. The minimum absolute atomic E-state index is 0.637. The summed E-state index contributed by atoms with van der Waals surface area (Å²) >= 11 is 0. The Balaban J connectivity index is 1.97. The number of nitrogens with one attached hydrogen (secondary N) is 1. The van der Waals surface area contributed by atoms with Gasteiger partial charge in [-0.1, -0.05) is 13.8 Å². The molecule has 2 fully saturated rings. The summed E-state index contributed by atoms with van der Waals surface area (Å²) in [5, 5.41) is 3.50. The molecular formula is C13H26N2. The minimum atomic E-state index is 0.637. The molecule has 0 bridgehead atoms. The van der Waals surface area contributed by atoms with Crippen molar-refractivity contribution < 1.29 is 0 Å². The molecule has 2 nitrogen and oxygen atoms in total. The van der Waals surface area contributed by atoms with Gasteiger partial charge in [0, 0.05) is 18.6 Å². The van der Waals surface area contributed by atoms with Crippen LogP contribution in [0, 0.1) is 5.41 Å². The molecule has 1 N–H and O–H groups in total. The van der Waals surface area contributed by atoms with E-state index >= 15 is 0 Å². The molecule has 0 radical (unpaired) electrons. The van der Waals surface area contributed by atoms with E-state index in [1.165, 1.54) is 45.3 Å². The standard InChI is InChI=1S/C13H26N2/c1-4-9-15(12-5-8-14-10-12)11(2)13(3)6-7-13/h11-12,14H,4-10H2,1-3H3. The second kappa shape index (κ2) is 4.42. The van der Waals surface area contributed by atoms with E-state index in [-0.39, 0.29) is 0 Å². The molecule has 15 heavy (non-hydrogen) atoms. The third-order valence-corrected chi connectivity index (χ3v) is 4.53. The van der Waals surface area contributed by atoms with Crippen LogP contribution in [0.5, 0.6) is 0 Å². The second-order valence-corrected chi connectivity index (χ2v) is 5.71. The quantitative estimate of drug-likeness (QED) is 0.749. The van der Waals surface area contributed by atoms with Gasteiger partial charge in [0.2, 0.25) is 0 Å². The van der Waals surface area contributed by atoms with Crippen molar-refractivity contribution in [3.05, 3.63) is 0 Å². The van der Waals surface area contributed by atoms with Gasteiger partial charge in [-0.05, 0) is 51.1 Å². The zero-order valence-electron chi connectivity index (χ0n) is 10.6. The first-order valence-corrected chi connectivity index (χ1v) is 6.64. The number of rotatable bonds is 5. The fraction of sp³-hybridized carbons (Fsp3) is 1.00. The van der Waals surface area contributed by atoms with Crippen LogP contribution in [0.4, 0.5) is 0 Å². The van der Waals surface area contributed by atoms with Crippen molar-refractivity contribution in [2.45, 2.75) is 58.5 Å². The van der Waals surface area contributed by atoms with Crippen molar-refractivity contribution in [3.63, 3.8) is 0 Å². The van der Waals surface area contributed by atoms with Gasteiger partial charge in [-0.2, -0.15) is 0 Å². The molecule has 1 saturated heterocycles. The summed E-state index contributed by atoms with van der Waals surface area (Å²) in [5.41, 5.74) is 0.637. The van der Waals surface area contributed by atoms with E-state index in [1.54, 1.807) is 0 Å². The molecule has 88 valence electrons. The van der Waals surface area contributed by atoms with Crippen LogP contribution >= 0.6 is 0 Å². The Morgan fingerprint density at radius 2 is 2.20 bits per heavy atom. The van der Waals surface area contributed by atoms with Gasteiger partial charge < -0.3 is 5.32 Å². The van der Waals surface area contributed by atoms with E-state index in [0.717, 1.165) is 12.1 Å². The smallest absolute Gasteiger partial charge is 0.0235 e. The van der Waals surface area contributed by atoms with E-state index < -0.39 is 0 Å². The average Bonchev–Trinajstić information content (AvgIpc) is 2.80. The summed E-state index contributed by atoms with van der Waals surface area (Å²) in [5.74, 6) is 0. The van der Waals surface area contributed by atoms with Crippen LogP contribution in [0.2, 0.25) is 0 Å². The van der Waals surface area contributed by atoms with Gasteiger partial charge in [0.1, 0.15) is 0 Å². The SMILES string of the molecule is CCCN(C1CCNC1)C(C)C1(C)CC1. The maximum Gasteiger partial charge on any atom is 0.0235 e. The maximum absolute atomic E-state index is 3.50. The molecule has 1 saturated carbocycles. The molecule has 2 heteroatoms. The normalized spacial score (nSPS) is 30.8. The van der Waals surface area contributed by atoms with Gasteiger partial charge in [-0.3, -0.25) is 4.90 Å². The first-order valence-electron chi connectivity index (χ1n) is 6.64. The van der Waals surface area contributed by atoms with Crippen molar-refractivity contribution in [1.29, 1.82) is 0 Å². The Hall–Kier alpha value is -0.0800. The van der Waals surface area contributed by atoms with Crippen molar-refractivity contribution in [2.24, 2.45) is 5.41 Å². The van der Waals surface area contributed by atoms with Crippen LogP contribution in [0.3, 0.4) is 0 Å². The number of hydrogen-bond acceptors (Lipinski definition) is 2. The van der Waals surface area contributed by atoms with E-state index in [2.05, 4.69) is 31.0 Å². The predicted octanol–water partition coefficient (Wildman–Crippen LogP) is 2.25. The fourth-order valence-electron chi connectivity index (χ4n) is 2.89. The van der Waals surface area contributed by atoms with Gasteiger partial charge in [0.05, 0.1) is 0 Å². The third-order valence-electron chi connectivity index (χ3n) is 4.53. The highest BCUT2D eigenvalue weighted by molar-refractivity contribution is 4.99. The summed E-state index contributed by atoms with van der Waals surface area (Å²) in [7, 11) is 0. The monoisotopic (exact) mass is 210 g/mol. The van der Waals surface area contributed by atoms with Crippen LogP contribution in [0.15, 0.2) is 0 Å². The molecule has 1 aliphatic heterocycles. The van der Waals surface area contributed by atoms with Crippen molar-refractivity contribution in [3.8, 4) is 0 Å². The Morgan fingerprint density at radius 3 is 2.67 bits per heavy atom. The zero-order chi connectivity index (χ0) is 10.9. The minimum Gasteiger partial charge on any atom is -0.315 e. The summed E-state index contributed by atoms with van der Waals surface area (Å²) < 4.78 is 0. The number of nitrogens with zero attached hydrogens (tertiary/aromatic N) is 1. The van der Waals surface area contributed by atoms with E-state index in [4.69, 9.17) is 0 Å². The molecule has 0 amide bonds. The van der Waals surface area contributed by atoms with E-state index in [1.807, 2.05) is 0 Å². The molecule has 2 rings (SSSR count). The van der Waals surface area contributed by atoms with Gasteiger partial charge >= 0.3 is 0 Å². The lowest BCUT2D eigenvalue weighted by atomic mass is 9.97. The van der Waals surface area contributed by atoms with E-state index in [0.29, 0.717) is 5.41 Å². The van der Waals surface area contributed by atoms with Crippen LogP contribution in [-0.2, 0) is 0 Å². The molecule has 0 aromatic rings. The Bertz CT molecular complexity index is 205. The Labute approximate surface area is 94.4 Å². The van der Waals surface area contributed by atoms with Crippen molar-refractivity contribution in [2.75, 3.05) is 19.6 Å². The highest BCUT2D eigenvalue weighted by atomic mass is 15.2. The second-order valence-electron chi connectivity index (χ2n) is 5.71. The zero-order valence-corrected chi connectivity index (χ0v) is 10.6. The van der Waals surface area contributed by atoms with Gasteiger partial charge in [0.25, 0.3) is 0 Å². The largest absolute Gasteiger partial charge is 0.315 e. The fourth-order valence-corrected chi connectivity index (χ4v) is 2.89. The molecule has 2 aliphatic rings. The molecule has 2 unspecified atom stereocenters. The summed E-state index contributed by atoms with van der Waals surface area (Å²) in [6.45, 7) is 10.9. The first kappa shape index (κ1) is 11.4. The summed E-state index contributed by atoms with van der Waals surface area (Å²) in [6.07, 6.45) is 5.51. The van der Waals surface area contributed by atoms with Crippen molar-refractivity contribution >= 4 is 0 Å². The highest BCUT2D eigenvalue weighted by Gasteiger charge is 2.46. The van der Waals surface area contributed by atoms with Crippen LogP contribution in [0.25, 0.3) is 0 Å². The van der Waals surface area contributed by atoms with Crippen LogP contribution in [0.1, 0.15) is 46.5 Å². The third kappa shape index (κ3) is 2.36. The van der Waals surface area contributed by atoms with Gasteiger partial charge in [0.15, 0.2) is 0 Å². The lowest BCUT2D eigenvalue weighted by molar-refractivity contribution is 0.106. The topological polar surface area (TPSA) is 15.3 Å². The average molecular weight is 210 g/mol. The highest BCUT2D eigenvalue weighted by Crippen LogP contribution is 2.50.